The van der Waals surface area contributed by atoms with Crippen molar-refractivity contribution in [3.63, 3.8) is 0 Å². The van der Waals surface area contributed by atoms with Gasteiger partial charge in [-0.1, -0.05) is 18.2 Å². The molecule has 2 aromatic carbocycles. The van der Waals surface area contributed by atoms with Crippen molar-refractivity contribution in [1.29, 1.82) is 0 Å². The predicted molar refractivity (Wildman–Crippen MR) is 79.5 cm³/mol. The lowest BCUT2D eigenvalue weighted by Gasteiger charge is -2.13. The minimum absolute atomic E-state index is 0.0436. The van der Waals surface area contributed by atoms with Gasteiger partial charge in [0.2, 0.25) is 0 Å². The first kappa shape index (κ1) is 15.0. The van der Waals surface area contributed by atoms with Crippen LogP contribution >= 0.6 is 0 Å². The van der Waals surface area contributed by atoms with Crippen molar-refractivity contribution in [2.24, 2.45) is 0 Å². The van der Waals surface area contributed by atoms with Crippen LogP contribution in [0, 0.1) is 24.0 Å². The van der Waals surface area contributed by atoms with Gasteiger partial charge in [-0.25, -0.2) is 0 Å². The lowest BCUT2D eigenvalue weighted by atomic mass is 10.1. The molecule has 0 saturated carbocycles. The molecule has 1 unspecified atom stereocenters. The van der Waals surface area contributed by atoms with Crippen LogP contribution in [0.25, 0.3) is 0 Å². The standard InChI is InChI=1S/C16H17NO4/c1-11-6-12(2)8-15(7-11)21-10-16(18)13-4-3-5-14(9-13)17(19)20/h3-9,16,18H,10H2,1-2H3. The summed E-state index contributed by atoms with van der Waals surface area (Å²) < 4.78 is 5.56. The summed E-state index contributed by atoms with van der Waals surface area (Å²) in [5.74, 6) is 0.678. The zero-order chi connectivity index (χ0) is 15.4. The fourth-order valence-electron chi connectivity index (χ4n) is 2.13. The molecule has 0 aromatic heterocycles. The van der Waals surface area contributed by atoms with Crippen LogP contribution in [0.3, 0.4) is 0 Å². The topological polar surface area (TPSA) is 72.6 Å². The van der Waals surface area contributed by atoms with E-state index in [9.17, 15) is 15.2 Å². The summed E-state index contributed by atoms with van der Waals surface area (Å²) in [5, 5.41) is 20.8. The van der Waals surface area contributed by atoms with Gasteiger partial charge in [-0.05, 0) is 42.7 Å². The Hall–Kier alpha value is -2.40. The maximum atomic E-state index is 10.7. The van der Waals surface area contributed by atoms with E-state index in [1.807, 2.05) is 32.0 Å². The third-order valence-corrected chi connectivity index (χ3v) is 3.07. The van der Waals surface area contributed by atoms with Crippen LogP contribution in [0.15, 0.2) is 42.5 Å². The number of benzene rings is 2. The van der Waals surface area contributed by atoms with Crippen molar-refractivity contribution in [2.45, 2.75) is 20.0 Å². The second-order valence-electron chi connectivity index (χ2n) is 5.00. The highest BCUT2D eigenvalue weighted by Crippen LogP contribution is 2.22. The van der Waals surface area contributed by atoms with Crippen molar-refractivity contribution in [2.75, 3.05) is 6.61 Å². The Bertz CT molecular complexity index is 634. The largest absolute Gasteiger partial charge is 0.491 e. The van der Waals surface area contributed by atoms with E-state index in [4.69, 9.17) is 4.74 Å². The highest BCUT2D eigenvalue weighted by atomic mass is 16.6. The van der Waals surface area contributed by atoms with Gasteiger partial charge in [0.25, 0.3) is 5.69 Å². The molecule has 1 N–H and O–H groups in total. The van der Waals surface area contributed by atoms with E-state index in [1.165, 1.54) is 12.1 Å². The van der Waals surface area contributed by atoms with Crippen LogP contribution in [-0.4, -0.2) is 16.6 Å². The Morgan fingerprint density at radius 3 is 2.48 bits per heavy atom. The molecule has 110 valence electrons. The predicted octanol–water partition coefficient (Wildman–Crippen LogP) is 3.32. The summed E-state index contributed by atoms with van der Waals surface area (Å²) >= 11 is 0. The SMILES string of the molecule is Cc1cc(C)cc(OCC(O)c2cccc([N+](=O)[O-])c2)c1. The van der Waals surface area contributed by atoms with Crippen LogP contribution in [0.2, 0.25) is 0 Å². The molecule has 5 nitrogen and oxygen atoms in total. The Morgan fingerprint density at radius 1 is 1.19 bits per heavy atom. The third kappa shape index (κ3) is 4.03. The van der Waals surface area contributed by atoms with Crippen LogP contribution in [-0.2, 0) is 0 Å². The van der Waals surface area contributed by atoms with Crippen LogP contribution in [0.5, 0.6) is 5.75 Å². The molecule has 0 amide bonds. The minimum atomic E-state index is -0.911. The summed E-state index contributed by atoms with van der Waals surface area (Å²) in [6.07, 6.45) is -0.911. The number of nitrogens with zero attached hydrogens (tertiary/aromatic N) is 1. The van der Waals surface area contributed by atoms with Crippen molar-refractivity contribution in [3.05, 3.63) is 69.3 Å². The number of rotatable bonds is 5. The zero-order valence-corrected chi connectivity index (χ0v) is 11.9. The molecule has 0 fully saturated rings. The quantitative estimate of drug-likeness (QED) is 0.676. The highest BCUT2D eigenvalue weighted by Gasteiger charge is 2.13. The summed E-state index contributed by atoms with van der Waals surface area (Å²) in [4.78, 5) is 10.2. The molecule has 5 heteroatoms. The van der Waals surface area contributed by atoms with Crippen LogP contribution < -0.4 is 4.74 Å². The van der Waals surface area contributed by atoms with Crippen molar-refractivity contribution in [3.8, 4) is 5.75 Å². The van der Waals surface area contributed by atoms with E-state index in [2.05, 4.69) is 0 Å². The summed E-state index contributed by atoms with van der Waals surface area (Å²) in [6, 6.07) is 11.7. The Morgan fingerprint density at radius 2 is 1.86 bits per heavy atom. The van der Waals surface area contributed by atoms with Crippen LogP contribution in [0.4, 0.5) is 5.69 Å². The van der Waals surface area contributed by atoms with E-state index in [-0.39, 0.29) is 12.3 Å². The number of aliphatic hydroxyl groups excluding tert-OH is 1. The average molecular weight is 287 g/mol. The average Bonchev–Trinajstić information content (AvgIpc) is 2.44. The maximum Gasteiger partial charge on any atom is 0.269 e. The fraction of sp³-hybridized carbons (Fsp3) is 0.250. The van der Waals surface area contributed by atoms with E-state index in [0.717, 1.165) is 11.1 Å². The fourth-order valence-corrected chi connectivity index (χ4v) is 2.13. The molecular weight excluding hydrogens is 270 g/mol. The molecule has 0 saturated heterocycles. The first-order chi connectivity index (χ1) is 9.95. The normalized spacial score (nSPS) is 12.0. The number of nitro groups is 1. The number of nitro benzene ring substituents is 1. The Kier molecular flexibility index (Phi) is 4.55. The molecule has 21 heavy (non-hydrogen) atoms. The van der Waals surface area contributed by atoms with Gasteiger partial charge < -0.3 is 9.84 Å². The van der Waals surface area contributed by atoms with Gasteiger partial charge in [-0.2, -0.15) is 0 Å². The molecule has 0 radical (unpaired) electrons. The monoisotopic (exact) mass is 287 g/mol. The van der Waals surface area contributed by atoms with Crippen LogP contribution in [0.1, 0.15) is 22.8 Å². The second kappa shape index (κ2) is 6.37. The van der Waals surface area contributed by atoms with Gasteiger partial charge >= 0.3 is 0 Å². The molecule has 1 atom stereocenters. The van der Waals surface area contributed by atoms with Crippen molar-refractivity contribution < 1.29 is 14.8 Å². The lowest BCUT2D eigenvalue weighted by molar-refractivity contribution is -0.385. The zero-order valence-electron chi connectivity index (χ0n) is 11.9. The molecule has 0 spiro atoms. The van der Waals surface area contributed by atoms with Crippen molar-refractivity contribution >= 4 is 5.69 Å². The van der Waals surface area contributed by atoms with Gasteiger partial charge in [0.1, 0.15) is 18.5 Å². The Labute approximate surface area is 123 Å². The maximum absolute atomic E-state index is 10.7. The number of aliphatic hydroxyl groups is 1. The van der Waals surface area contributed by atoms with Gasteiger partial charge in [0, 0.05) is 12.1 Å². The molecule has 0 bridgehead atoms. The van der Waals surface area contributed by atoms with E-state index < -0.39 is 11.0 Å². The van der Waals surface area contributed by atoms with Gasteiger partial charge in [-0.15, -0.1) is 0 Å². The molecule has 0 heterocycles. The lowest BCUT2D eigenvalue weighted by Crippen LogP contribution is -2.10. The summed E-state index contributed by atoms with van der Waals surface area (Å²) in [6.45, 7) is 3.98. The number of aryl methyl sites for hydroxylation is 2. The van der Waals surface area contributed by atoms with Gasteiger partial charge in [-0.3, -0.25) is 10.1 Å². The highest BCUT2D eigenvalue weighted by molar-refractivity contribution is 5.36. The molecular formula is C16H17NO4. The molecule has 0 aliphatic rings. The second-order valence-corrected chi connectivity index (χ2v) is 5.00. The molecule has 0 aliphatic heterocycles. The molecule has 2 rings (SSSR count). The Balaban J connectivity index is 2.06. The number of hydrogen-bond donors (Lipinski definition) is 1. The van der Waals surface area contributed by atoms with Crippen molar-refractivity contribution in [1.82, 2.24) is 0 Å². The summed E-state index contributed by atoms with van der Waals surface area (Å²) in [7, 11) is 0. The van der Waals surface area contributed by atoms with E-state index >= 15 is 0 Å². The first-order valence-corrected chi connectivity index (χ1v) is 6.59. The van der Waals surface area contributed by atoms with Gasteiger partial charge in [0.05, 0.1) is 4.92 Å². The summed E-state index contributed by atoms with van der Waals surface area (Å²) in [5.41, 5.74) is 2.58. The van der Waals surface area contributed by atoms with E-state index in [0.29, 0.717) is 11.3 Å². The number of hydrogen-bond acceptors (Lipinski definition) is 4. The smallest absolute Gasteiger partial charge is 0.269 e. The molecule has 2 aromatic rings. The van der Waals surface area contributed by atoms with E-state index in [1.54, 1.807) is 12.1 Å². The first-order valence-electron chi connectivity index (χ1n) is 6.59. The third-order valence-electron chi connectivity index (χ3n) is 3.07. The molecule has 0 aliphatic carbocycles. The number of non-ortho nitro benzene ring substituents is 1. The minimum Gasteiger partial charge on any atom is -0.491 e. The number of ether oxygens (including phenoxy) is 1. The van der Waals surface area contributed by atoms with Gasteiger partial charge in [0.15, 0.2) is 0 Å².